The molecule has 0 saturated carbocycles. The quantitative estimate of drug-likeness (QED) is 0.291. The molecule has 2 atom stereocenters. The molecule has 0 radical (unpaired) electrons. The summed E-state index contributed by atoms with van der Waals surface area (Å²) in [7, 11) is 0. The number of carbonyl (C=O) groups excluding carboxylic acids is 2. The maximum atomic E-state index is 14.3. The number of nitrogens with zero attached hydrogens (tertiary/aromatic N) is 1. The normalized spacial score (nSPS) is 20.3. The molecule has 0 aromatic heterocycles. The van der Waals surface area contributed by atoms with Gasteiger partial charge in [-0.1, -0.05) is 90.8 Å². The van der Waals surface area contributed by atoms with E-state index in [2.05, 4.69) is 4.99 Å². The summed E-state index contributed by atoms with van der Waals surface area (Å²) in [6.45, 7) is 0. The van der Waals surface area contributed by atoms with Crippen molar-refractivity contribution in [2.75, 3.05) is 0 Å². The van der Waals surface area contributed by atoms with Crippen LogP contribution >= 0.6 is 11.6 Å². The van der Waals surface area contributed by atoms with E-state index in [0.717, 1.165) is 29.7 Å². The highest BCUT2D eigenvalue weighted by molar-refractivity contribution is 6.65. The second-order valence-corrected chi connectivity index (χ2v) is 10.9. The molecule has 0 N–H and O–H groups in total. The van der Waals surface area contributed by atoms with E-state index in [-0.39, 0.29) is 35.9 Å². The van der Waals surface area contributed by atoms with E-state index in [9.17, 15) is 22.8 Å². The van der Waals surface area contributed by atoms with Crippen LogP contribution < -0.4 is 0 Å². The predicted octanol–water partition coefficient (Wildman–Crippen LogP) is 8.78. The molecule has 3 aromatic rings. The van der Waals surface area contributed by atoms with Crippen LogP contribution in [0.2, 0.25) is 0 Å². The van der Waals surface area contributed by atoms with Crippen LogP contribution in [0.25, 0.3) is 0 Å². The summed E-state index contributed by atoms with van der Waals surface area (Å²) in [5.74, 6) is -1.43. The fourth-order valence-corrected chi connectivity index (χ4v) is 6.16. The maximum absolute atomic E-state index is 14.3. The third kappa shape index (κ3) is 6.12. The van der Waals surface area contributed by atoms with Gasteiger partial charge >= 0.3 is 6.18 Å². The third-order valence-corrected chi connectivity index (χ3v) is 8.12. The second kappa shape index (κ2) is 11.9. The lowest BCUT2D eigenvalue weighted by atomic mass is 9.74. The van der Waals surface area contributed by atoms with Gasteiger partial charge < -0.3 is 0 Å². The fourth-order valence-electron chi connectivity index (χ4n) is 5.89. The Kier molecular flexibility index (Phi) is 8.36. The van der Waals surface area contributed by atoms with E-state index in [4.69, 9.17) is 11.6 Å². The molecule has 2 aliphatic rings. The molecule has 1 aliphatic heterocycles. The first-order valence-corrected chi connectivity index (χ1v) is 13.9. The molecule has 3 nitrogen and oxygen atoms in total. The van der Waals surface area contributed by atoms with Gasteiger partial charge in [0.25, 0.3) is 0 Å². The number of hydrogen-bond acceptors (Lipinski definition) is 3. The molecule has 5 rings (SSSR count). The molecule has 1 heterocycles. The van der Waals surface area contributed by atoms with Gasteiger partial charge in [0.1, 0.15) is 5.17 Å². The summed E-state index contributed by atoms with van der Waals surface area (Å²) in [4.78, 5) is 32.4. The lowest BCUT2D eigenvalue weighted by Gasteiger charge is -2.28. The highest BCUT2D eigenvalue weighted by Gasteiger charge is 2.38. The number of benzene rings is 3. The molecule has 1 aliphatic carbocycles. The van der Waals surface area contributed by atoms with Gasteiger partial charge in [-0.25, -0.2) is 4.99 Å². The van der Waals surface area contributed by atoms with Crippen LogP contribution in [0.4, 0.5) is 13.2 Å². The molecular weight excluding hydrogens is 535 g/mol. The summed E-state index contributed by atoms with van der Waals surface area (Å²) in [5, 5.41) is 0.321. The minimum Gasteiger partial charge on any atom is -0.294 e. The molecule has 0 spiro atoms. The van der Waals surface area contributed by atoms with Crippen molar-refractivity contribution < 1.29 is 22.8 Å². The van der Waals surface area contributed by atoms with E-state index in [1.807, 2.05) is 60.7 Å². The minimum atomic E-state index is -4.47. The van der Waals surface area contributed by atoms with Crippen molar-refractivity contribution in [3.63, 3.8) is 0 Å². The number of Topliss-reactive ketones (excluding diaryl/α,β-unsaturated/α-hetero) is 2. The number of carbonyl (C=O) groups is 2. The molecule has 2 unspecified atom stereocenters. The molecule has 0 fully saturated rings. The van der Waals surface area contributed by atoms with E-state index >= 15 is 0 Å². The molecule has 40 heavy (non-hydrogen) atoms. The zero-order valence-corrected chi connectivity index (χ0v) is 22.6. The predicted molar refractivity (Wildman–Crippen MR) is 151 cm³/mol. The Bertz CT molecular complexity index is 1390. The van der Waals surface area contributed by atoms with Gasteiger partial charge in [0.2, 0.25) is 0 Å². The van der Waals surface area contributed by atoms with Crippen LogP contribution in [0, 0.1) is 11.8 Å². The number of ketones is 2. The van der Waals surface area contributed by atoms with Crippen molar-refractivity contribution in [3.8, 4) is 0 Å². The highest BCUT2D eigenvalue weighted by atomic mass is 35.5. The summed E-state index contributed by atoms with van der Waals surface area (Å²) in [6, 6.07) is 24.1. The first-order valence-electron chi connectivity index (χ1n) is 13.5. The highest BCUT2D eigenvalue weighted by Crippen LogP contribution is 2.41. The molecule has 3 aromatic carbocycles. The Hall–Kier alpha value is -3.51. The third-order valence-electron chi connectivity index (χ3n) is 7.88. The van der Waals surface area contributed by atoms with Crippen molar-refractivity contribution >= 4 is 28.3 Å². The summed E-state index contributed by atoms with van der Waals surface area (Å²) in [6.07, 6.45) is -1.41. The van der Waals surface area contributed by atoms with Crippen LogP contribution in [0.5, 0.6) is 0 Å². The minimum absolute atomic E-state index is 0.00487. The maximum Gasteiger partial charge on any atom is 0.416 e. The van der Waals surface area contributed by atoms with Crippen LogP contribution in [0.3, 0.4) is 0 Å². The second-order valence-electron chi connectivity index (χ2n) is 10.5. The summed E-state index contributed by atoms with van der Waals surface area (Å²) < 4.78 is 39.1. The average molecular weight is 564 g/mol. The van der Waals surface area contributed by atoms with Crippen LogP contribution in [-0.4, -0.2) is 16.7 Å². The van der Waals surface area contributed by atoms with E-state index in [0.29, 0.717) is 35.7 Å². The monoisotopic (exact) mass is 563 g/mol. The van der Waals surface area contributed by atoms with Gasteiger partial charge in [0, 0.05) is 47.4 Å². The van der Waals surface area contributed by atoms with Gasteiger partial charge in [0.15, 0.2) is 11.6 Å². The number of hydrogen-bond donors (Lipinski definition) is 0. The Labute approximate surface area is 236 Å². The largest absolute Gasteiger partial charge is 0.416 e. The number of halogens is 4. The van der Waals surface area contributed by atoms with Gasteiger partial charge in [-0.2, -0.15) is 13.2 Å². The van der Waals surface area contributed by atoms with E-state index < -0.39 is 23.6 Å². The SMILES string of the molecule is O=C(c1ccc(C(F)(F)F)cc1)C1CCCCC2=C(C1)N=C(Cl)CC(C(c1ccccc1)c1ccccc1)C2=O. The Morgan fingerprint density at radius 3 is 2.02 bits per heavy atom. The average Bonchev–Trinajstić information content (AvgIpc) is 3.04. The summed E-state index contributed by atoms with van der Waals surface area (Å²) in [5.41, 5.74) is 2.60. The fraction of sp³-hybridized carbons (Fsp3) is 0.303. The molecule has 0 saturated heterocycles. The van der Waals surface area contributed by atoms with Crippen LogP contribution in [0.1, 0.15) is 71.5 Å². The van der Waals surface area contributed by atoms with Crippen LogP contribution in [-0.2, 0) is 11.0 Å². The topological polar surface area (TPSA) is 46.5 Å². The Morgan fingerprint density at radius 2 is 1.45 bits per heavy atom. The number of rotatable bonds is 5. The van der Waals surface area contributed by atoms with Crippen molar-refractivity contribution in [3.05, 3.63) is 118 Å². The zero-order chi connectivity index (χ0) is 28.3. The van der Waals surface area contributed by atoms with Crippen molar-refractivity contribution in [1.82, 2.24) is 0 Å². The summed E-state index contributed by atoms with van der Waals surface area (Å²) >= 11 is 6.69. The first kappa shape index (κ1) is 28.0. The van der Waals surface area contributed by atoms with Crippen LogP contribution in [0.15, 0.2) is 101 Å². The van der Waals surface area contributed by atoms with E-state index in [1.165, 1.54) is 12.1 Å². The standard InChI is InChI=1S/C33H29ClF3NO2/c34-29-20-27(30(21-9-3-1-4-10-21)22-11-5-2-6-12-22)32(40)26-14-8-7-13-24(19-28(26)38-29)31(39)23-15-17-25(18-16-23)33(35,36)37/h1-6,9-12,15-18,24,27,30H,7-8,13-14,19-20H2. The molecule has 0 amide bonds. The lowest BCUT2D eigenvalue weighted by molar-refractivity contribution is -0.137. The van der Waals surface area contributed by atoms with Gasteiger partial charge in [-0.15, -0.1) is 0 Å². The number of alkyl halides is 3. The van der Waals surface area contributed by atoms with Crippen molar-refractivity contribution in [2.45, 2.75) is 50.6 Å². The lowest BCUT2D eigenvalue weighted by Crippen LogP contribution is -2.26. The first-order chi connectivity index (χ1) is 19.2. The van der Waals surface area contributed by atoms with Gasteiger partial charge in [-0.3, -0.25) is 9.59 Å². The number of aliphatic imine (C=N–C) groups is 1. The molecule has 206 valence electrons. The van der Waals surface area contributed by atoms with Crippen molar-refractivity contribution in [2.24, 2.45) is 16.8 Å². The molecular formula is C33H29ClF3NO2. The molecule has 0 bridgehead atoms. The van der Waals surface area contributed by atoms with Gasteiger partial charge in [0.05, 0.1) is 5.56 Å². The van der Waals surface area contributed by atoms with Gasteiger partial charge in [-0.05, 0) is 42.5 Å². The smallest absolute Gasteiger partial charge is 0.294 e. The molecule has 7 heteroatoms. The van der Waals surface area contributed by atoms with E-state index in [1.54, 1.807) is 0 Å². The Balaban J connectivity index is 1.49. The number of allylic oxidation sites excluding steroid dienone is 2. The van der Waals surface area contributed by atoms with Crippen molar-refractivity contribution in [1.29, 1.82) is 0 Å². The Morgan fingerprint density at radius 1 is 0.850 bits per heavy atom. The zero-order valence-electron chi connectivity index (χ0n) is 21.8.